The van der Waals surface area contributed by atoms with Crippen molar-refractivity contribution in [2.45, 2.75) is 31.0 Å². The van der Waals surface area contributed by atoms with E-state index >= 15 is 0 Å². The molecule has 0 radical (unpaired) electrons. The first kappa shape index (κ1) is 23.7. The van der Waals surface area contributed by atoms with E-state index in [4.69, 9.17) is 9.97 Å². The maximum atomic E-state index is 9.20. The van der Waals surface area contributed by atoms with Crippen molar-refractivity contribution in [3.63, 3.8) is 0 Å². The van der Waals surface area contributed by atoms with Gasteiger partial charge in [0, 0.05) is 27.6 Å². The van der Waals surface area contributed by atoms with Crippen LogP contribution in [-0.4, -0.2) is 9.97 Å². The summed E-state index contributed by atoms with van der Waals surface area (Å²) >= 11 is 0. The third kappa shape index (κ3) is 4.80. The van der Waals surface area contributed by atoms with Gasteiger partial charge >= 0.3 is 0 Å². The molecule has 0 aliphatic heterocycles. The molecular weight excluding hydrogens is 569 g/mol. The van der Waals surface area contributed by atoms with Gasteiger partial charge in [0.05, 0.1) is 11.4 Å². The lowest BCUT2D eigenvalue weighted by Crippen LogP contribution is -2.20. The van der Waals surface area contributed by atoms with Crippen LogP contribution in [0.3, 0.4) is 0 Å². The largest absolute Gasteiger partial charge is 0.228 e. The quantitative estimate of drug-likeness (QED) is 0.195. The molecule has 6 aromatic carbocycles. The van der Waals surface area contributed by atoms with Crippen molar-refractivity contribution in [1.82, 2.24) is 9.97 Å². The van der Waals surface area contributed by atoms with E-state index < -0.39 is 18.2 Å². The van der Waals surface area contributed by atoms with Gasteiger partial charge in [0.2, 0.25) is 0 Å². The molecule has 1 fully saturated rings. The SMILES string of the molecule is [2H]C1([2H])CCC([2H])([2H])C12c1ccccc1-c1ccc(-c3cccc(-c4cccc(-c5cc(-c6ccccc6)nc(-c6ccccc6)n5)c4)c3)cc12. The molecule has 2 aliphatic carbocycles. The van der Waals surface area contributed by atoms with Crippen molar-refractivity contribution in [2.24, 2.45) is 0 Å². The summed E-state index contributed by atoms with van der Waals surface area (Å²) < 4.78 is 36.8. The molecule has 0 amide bonds. The molecule has 2 heteroatoms. The second-order valence-electron chi connectivity index (χ2n) is 12.3. The Labute approximate surface area is 282 Å². The number of hydrogen-bond acceptors (Lipinski definition) is 2. The van der Waals surface area contributed by atoms with Crippen molar-refractivity contribution in [1.29, 1.82) is 0 Å². The van der Waals surface area contributed by atoms with Crippen LogP contribution >= 0.6 is 0 Å². The summed E-state index contributed by atoms with van der Waals surface area (Å²) in [6.07, 6.45) is -3.12. The molecule has 2 nitrogen and oxygen atoms in total. The summed E-state index contributed by atoms with van der Waals surface area (Å²) in [7, 11) is 0. The van der Waals surface area contributed by atoms with Gasteiger partial charge in [-0.05, 0) is 81.5 Å². The lowest BCUT2D eigenvalue weighted by atomic mass is 9.76. The number of benzene rings is 6. The summed E-state index contributed by atoms with van der Waals surface area (Å²) in [6, 6.07) is 53.1. The highest BCUT2D eigenvalue weighted by Gasteiger charge is 2.44. The molecular formula is C45H34N2. The first-order valence-electron chi connectivity index (χ1n) is 18.2. The molecule has 7 aromatic rings. The highest BCUT2D eigenvalue weighted by atomic mass is 14.9. The lowest BCUT2D eigenvalue weighted by Gasteiger charge is -2.27. The van der Waals surface area contributed by atoms with Crippen LogP contribution in [0.2, 0.25) is 0 Å². The Hall–Kier alpha value is -5.60. The minimum Gasteiger partial charge on any atom is -0.228 e. The average Bonchev–Trinajstić information content (AvgIpc) is 3.60. The number of rotatable bonds is 5. The summed E-state index contributed by atoms with van der Waals surface area (Å²) in [4.78, 5) is 9.98. The molecule has 9 rings (SSSR count). The first-order chi connectivity index (χ1) is 24.7. The van der Waals surface area contributed by atoms with Crippen molar-refractivity contribution < 1.29 is 5.48 Å². The van der Waals surface area contributed by atoms with E-state index in [2.05, 4.69) is 78.9 Å². The molecule has 0 bridgehead atoms. The van der Waals surface area contributed by atoms with Gasteiger partial charge in [-0.2, -0.15) is 0 Å². The Morgan fingerprint density at radius 1 is 0.404 bits per heavy atom. The van der Waals surface area contributed by atoms with E-state index in [-0.39, 0.29) is 12.8 Å². The molecule has 0 N–H and O–H groups in total. The first-order valence-corrected chi connectivity index (χ1v) is 16.2. The van der Waals surface area contributed by atoms with E-state index in [9.17, 15) is 5.48 Å². The molecule has 1 heterocycles. The molecule has 47 heavy (non-hydrogen) atoms. The van der Waals surface area contributed by atoms with Crippen LogP contribution in [0.25, 0.3) is 67.3 Å². The third-order valence-electron chi connectivity index (χ3n) is 9.47. The van der Waals surface area contributed by atoms with Crippen LogP contribution in [0.15, 0.2) is 158 Å². The number of fused-ring (bicyclic) bond motifs is 5. The standard InChI is InChI=1S/C45H34N2/c1-3-13-31(14-4-1)42-30-43(47-44(46-42)32-15-5-2-6-16-32)37-20-12-19-35(28-37)33-17-11-18-34(27-33)36-23-24-39-38-21-7-8-22-40(38)45(41(39)29-36)25-9-10-26-45/h1-8,11-24,27-30H,9-10,25-26H2/i25D2,26D2. The minimum atomic E-state index is -1.74. The smallest absolute Gasteiger partial charge is 0.160 e. The highest BCUT2D eigenvalue weighted by Crippen LogP contribution is 2.57. The van der Waals surface area contributed by atoms with Gasteiger partial charge in [0.1, 0.15) is 0 Å². The number of nitrogens with zero attached hydrogens (tertiary/aromatic N) is 2. The molecule has 0 atom stereocenters. The van der Waals surface area contributed by atoms with Gasteiger partial charge in [-0.15, -0.1) is 0 Å². The Morgan fingerprint density at radius 3 is 1.62 bits per heavy atom. The summed E-state index contributed by atoms with van der Waals surface area (Å²) in [6.45, 7) is 0. The molecule has 224 valence electrons. The predicted molar refractivity (Wildman–Crippen MR) is 194 cm³/mol. The van der Waals surface area contributed by atoms with Crippen LogP contribution in [0.4, 0.5) is 0 Å². The van der Waals surface area contributed by atoms with Gasteiger partial charge < -0.3 is 0 Å². The monoisotopic (exact) mass is 606 g/mol. The zero-order chi connectivity index (χ0) is 34.8. The van der Waals surface area contributed by atoms with Gasteiger partial charge in [-0.1, -0.05) is 146 Å². The number of hydrogen-bond donors (Lipinski definition) is 0. The van der Waals surface area contributed by atoms with Crippen molar-refractivity contribution in [3.8, 4) is 67.3 Å². The van der Waals surface area contributed by atoms with E-state index in [1.54, 1.807) is 0 Å². The third-order valence-corrected chi connectivity index (χ3v) is 9.47. The Bertz CT molecular complexity index is 2370. The van der Waals surface area contributed by atoms with Gasteiger partial charge in [-0.25, -0.2) is 9.97 Å². The summed E-state index contributed by atoms with van der Waals surface area (Å²) in [5, 5.41) is 0. The number of aromatic nitrogens is 2. The fraction of sp³-hybridized carbons (Fsp3) is 0.111. The molecule has 0 saturated heterocycles. The van der Waals surface area contributed by atoms with Gasteiger partial charge in [-0.3, -0.25) is 0 Å². The molecule has 1 saturated carbocycles. The van der Waals surface area contributed by atoms with E-state index in [1.165, 1.54) is 0 Å². The molecule has 1 spiro atoms. The lowest BCUT2D eigenvalue weighted by molar-refractivity contribution is 0.550. The fourth-order valence-corrected chi connectivity index (χ4v) is 7.21. The predicted octanol–water partition coefficient (Wildman–Crippen LogP) is 11.7. The normalized spacial score (nSPS) is 17.6. The topological polar surface area (TPSA) is 25.8 Å². The van der Waals surface area contributed by atoms with Crippen molar-refractivity contribution in [3.05, 3.63) is 169 Å². The summed E-state index contributed by atoms with van der Waals surface area (Å²) in [5.74, 6) is 0.673. The van der Waals surface area contributed by atoms with E-state index in [0.29, 0.717) is 5.82 Å². The molecule has 2 aliphatic rings. The van der Waals surface area contributed by atoms with E-state index in [1.807, 2.05) is 78.9 Å². The Kier molecular flexibility index (Phi) is 5.71. The van der Waals surface area contributed by atoms with Gasteiger partial charge in [0.25, 0.3) is 0 Å². The maximum absolute atomic E-state index is 9.20. The second kappa shape index (κ2) is 11.3. The van der Waals surface area contributed by atoms with Crippen LogP contribution in [0.5, 0.6) is 0 Å². The van der Waals surface area contributed by atoms with Crippen LogP contribution < -0.4 is 0 Å². The van der Waals surface area contributed by atoms with Crippen molar-refractivity contribution in [2.75, 3.05) is 0 Å². The fourth-order valence-electron chi connectivity index (χ4n) is 7.21. The minimum absolute atomic E-state index is 0.176. The second-order valence-corrected chi connectivity index (χ2v) is 12.3. The molecule has 0 unspecified atom stereocenters. The summed E-state index contributed by atoms with van der Waals surface area (Å²) in [5.41, 5.74) is 10.7. The molecule has 1 aromatic heterocycles. The van der Waals surface area contributed by atoms with E-state index in [0.717, 1.165) is 72.6 Å². The zero-order valence-corrected chi connectivity index (χ0v) is 25.8. The highest BCUT2D eigenvalue weighted by molar-refractivity contribution is 5.85. The van der Waals surface area contributed by atoms with Crippen molar-refractivity contribution >= 4 is 0 Å². The Morgan fingerprint density at radius 2 is 0.915 bits per heavy atom. The van der Waals surface area contributed by atoms with Crippen LogP contribution in [-0.2, 0) is 5.41 Å². The van der Waals surface area contributed by atoms with Gasteiger partial charge in [0.15, 0.2) is 5.82 Å². The van der Waals surface area contributed by atoms with Crippen LogP contribution in [0.1, 0.15) is 42.2 Å². The zero-order valence-electron chi connectivity index (χ0n) is 29.8. The maximum Gasteiger partial charge on any atom is 0.160 e. The average molecular weight is 607 g/mol. The Balaban J connectivity index is 1.13. The van der Waals surface area contributed by atoms with Crippen LogP contribution in [0, 0.1) is 0 Å².